The molecule has 3 heteroatoms. The van der Waals surface area contributed by atoms with Crippen molar-refractivity contribution in [2.45, 2.75) is 19.4 Å². The van der Waals surface area contributed by atoms with Gasteiger partial charge in [-0.2, -0.15) is 0 Å². The highest BCUT2D eigenvalue weighted by Gasteiger charge is 2.19. The summed E-state index contributed by atoms with van der Waals surface area (Å²) in [5, 5.41) is 2.89. The van der Waals surface area contributed by atoms with Crippen LogP contribution in [0.25, 0.3) is 0 Å². The van der Waals surface area contributed by atoms with Crippen LogP contribution in [0.1, 0.15) is 13.3 Å². The Kier molecular flexibility index (Phi) is 2.27. The maximum atomic E-state index is 10.6. The van der Waals surface area contributed by atoms with Gasteiger partial charge in [0.25, 0.3) is 0 Å². The molecule has 1 aliphatic heterocycles. The molecule has 0 aromatic carbocycles. The van der Waals surface area contributed by atoms with Crippen LogP contribution in [0.2, 0.25) is 0 Å². The molecular formula is C7H14N2O. The summed E-state index contributed by atoms with van der Waals surface area (Å²) in [6, 6.07) is 0.391. The molecule has 0 spiro atoms. The number of carbonyl (C=O) groups is 1. The number of hydrogen-bond acceptors (Lipinski definition) is 2. The fraction of sp³-hybridized carbons (Fsp3) is 0.857. The summed E-state index contributed by atoms with van der Waals surface area (Å²) in [6.07, 6.45) is 1.09. The van der Waals surface area contributed by atoms with Gasteiger partial charge < -0.3 is 10.2 Å². The monoisotopic (exact) mass is 142 g/mol. The molecule has 1 amide bonds. The van der Waals surface area contributed by atoms with Crippen molar-refractivity contribution >= 4 is 5.91 Å². The molecular weight excluding hydrogens is 128 g/mol. The summed E-state index contributed by atoms with van der Waals surface area (Å²) in [4.78, 5) is 12.8. The molecule has 0 aromatic heterocycles. The van der Waals surface area contributed by atoms with Crippen LogP contribution in [-0.4, -0.2) is 37.0 Å². The van der Waals surface area contributed by atoms with Crippen LogP contribution < -0.4 is 5.32 Å². The number of likely N-dealkylation sites (tertiary alicyclic amines) is 1. The van der Waals surface area contributed by atoms with Crippen molar-refractivity contribution in [3.8, 4) is 0 Å². The Hall–Kier alpha value is -0.570. The van der Waals surface area contributed by atoms with Crippen molar-refractivity contribution < 1.29 is 4.79 Å². The van der Waals surface area contributed by atoms with Gasteiger partial charge in [-0.3, -0.25) is 4.79 Å². The minimum absolute atomic E-state index is 0.0836. The van der Waals surface area contributed by atoms with E-state index in [9.17, 15) is 4.79 Å². The van der Waals surface area contributed by atoms with Gasteiger partial charge in [0.05, 0.1) is 0 Å². The fourth-order valence-corrected chi connectivity index (χ4v) is 1.34. The quantitative estimate of drug-likeness (QED) is 0.551. The van der Waals surface area contributed by atoms with E-state index < -0.39 is 0 Å². The van der Waals surface area contributed by atoms with Crippen LogP contribution in [0.4, 0.5) is 0 Å². The highest BCUT2D eigenvalue weighted by Crippen LogP contribution is 2.05. The van der Waals surface area contributed by atoms with Crippen molar-refractivity contribution in [1.29, 1.82) is 0 Å². The Labute approximate surface area is 61.4 Å². The minimum Gasteiger partial charge on any atom is -0.352 e. The minimum atomic E-state index is 0.0836. The van der Waals surface area contributed by atoms with E-state index in [1.54, 1.807) is 6.92 Å². The molecule has 1 rings (SSSR count). The lowest BCUT2D eigenvalue weighted by molar-refractivity contribution is -0.119. The van der Waals surface area contributed by atoms with Gasteiger partial charge in [0.2, 0.25) is 5.91 Å². The lowest BCUT2D eigenvalue weighted by Gasteiger charge is -2.10. The molecule has 58 valence electrons. The summed E-state index contributed by atoms with van der Waals surface area (Å²) in [7, 11) is 2.07. The first-order valence-corrected chi connectivity index (χ1v) is 3.64. The van der Waals surface area contributed by atoms with Crippen LogP contribution in [-0.2, 0) is 4.79 Å². The maximum Gasteiger partial charge on any atom is 0.217 e. The number of carbonyl (C=O) groups excluding carboxylic acids is 1. The number of nitrogens with zero attached hydrogens (tertiary/aromatic N) is 1. The smallest absolute Gasteiger partial charge is 0.217 e. The number of likely N-dealkylation sites (N-methyl/N-ethyl adjacent to an activating group) is 1. The topological polar surface area (TPSA) is 32.3 Å². The van der Waals surface area contributed by atoms with E-state index in [1.165, 1.54) is 0 Å². The van der Waals surface area contributed by atoms with Crippen molar-refractivity contribution in [2.75, 3.05) is 20.1 Å². The predicted molar refractivity (Wildman–Crippen MR) is 39.7 cm³/mol. The summed E-state index contributed by atoms with van der Waals surface area (Å²) in [5.74, 6) is 0.0836. The largest absolute Gasteiger partial charge is 0.352 e. The first-order chi connectivity index (χ1) is 4.68. The first kappa shape index (κ1) is 7.54. The van der Waals surface area contributed by atoms with Gasteiger partial charge in [-0.05, 0) is 20.0 Å². The standard InChI is InChI=1S/C7H14N2O/c1-6(10)8-7-3-4-9(2)5-7/h7H,3-5H2,1-2H3,(H,8,10). The lowest BCUT2D eigenvalue weighted by atomic mass is 10.3. The molecule has 0 aliphatic carbocycles. The third kappa shape index (κ3) is 1.99. The van der Waals surface area contributed by atoms with Gasteiger partial charge in [0.15, 0.2) is 0 Å². The number of amides is 1. The second kappa shape index (κ2) is 3.01. The fourth-order valence-electron chi connectivity index (χ4n) is 1.34. The van der Waals surface area contributed by atoms with Crippen molar-refractivity contribution in [3.63, 3.8) is 0 Å². The lowest BCUT2D eigenvalue weighted by Crippen LogP contribution is -2.34. The Morgan fingerprint density at radius 3 is 2.80 bits per heavy atom. The van der Waals surface area contributed by atoms with Crippen LogP contribution in [0.5, 0.6) is 0 Å². The van der Waals surface area contributed by atoms with Crippen LogP contribution in [0, 0.1) is 0 Å². The van der Waals surface area contributed by atoms with E-state index in [1.807, 2.05) is 0 Å². The van der Waals surface area contributed by atoms with Crippen LogP contribution >= 0.6 is 0 Å². The van der Waals surface area contributed by atoms with E-state index >= 15 is 0 Å². The van der Waals surface area contributed by atoms with E-state index in [4.69, 9.17) is 0 Å². The second-order valence-corrected chi connectivity index (χ2v) is 2.95. The Morgan fingerprint density at radius 2 is 2.40 bits per heavy atom. The molecule has 1 aliphatic rings. The van der Waals surface area contributed by atoms with Crippen molar-refractivity contribution in [2.24, 2.45) is 0 Å². The van der Waals surface area contributed by atoms with Gasteiger partial charge in [-0.25, -0.2) is 0 Å². The molecule has 0 saturated carbocycles. The average Bonchev–Trinajstić information content (AvgIpc) is 2.13. The molecule has 0 radical (unpaired) electrons. The van der Waals surface area contributed by atoms with Crippen LogP contribution in [0.15, 0.2) is 0 Å². The number of nitrogens with one attached hydrogen (secondary N) is 1. The molecule has 10 heavy (non-hydrogen) atoms. The molecule has 0 aromatic rings. The van der Waals surface area contributed by atoms with Gasteiger partial charge in [0.1, 0.15) is 0 Å². The average molecular weight is 142 g/mol. The zero-order valence-electron chi connectivity index (χ0n) is 6.55. The Balaban J connectivity index is 2.24. The van der Waals surface area contributed by atoms with Gasteiger partial charge in [-0.1, -0.05) is 0 Å². The van der Waals surface area contributed by atoms with Crippen LogP contribution in [0.3, 0.4) is 0 Å². The third-order valence-electron chi connectivity index (χ3n) is 1.80. The molecule has 1 fully saturated rings. The molecule has 1 saturated heterocycles. The highest BCUT2D eigenvalue weighted by atomic mass is 16.1. The molecule has 3 nitrogen and oxygen atoms in total. The third-order valence-corrected chi connectivity index (χ3v) is 1.80. The summed E-state index contributed by atoms with van der Waals surface area (Å²) in [6.45, 7) is 3.67. The summed E-state index contributed by atoms with van der Waals surface area (Å²) < 4.78 is 0. The van der Waals surface area contributed by atoms with E-state index in [2.05, 4.69) is 17.3 Å². The van der Waals surface area contributed by atoms with E-state index in [0.29, 0.717) is 6.04 Å². The Morgan fingerprint density at radius 1 is 1.70 bits per heavy atom. The normalized spacial score (nSPS) is 26.8. The molecule has 1 unspecified atom stereocenters. The number of rotatable bonds is 1. The van der Waals surface area contributed by atoms with Gasteiger partial charge in [-0.15, -0.1) is 0 Å². The first-order valence-electron chi connectivity index (χ1n) is 3.64. The maximum absolute atomic E-state index is 10.6. The molecule has 0 bridgehead atoms. The van der Waals surface area contributed by atoms with Gasteiger partial charge >= 0.3 is 0 Å². The predicted octanol–water partition coefficient (Wildman–Crippen LogP) is -0.173. The Bertz CT molecular complexity index is 136. The van der Waals surface area contributed by atoms with Crippen molar-refractivity contribution in [1.82, 2.24) is 10.2 Å². The summed E-state index contributed by atoms with van der Waals surface area (Å²) in [5.41, 5.74) is 0. The van der Waals surface area contributed by atoms with Gasteiger partial charge in [0, 0.05) is 19.5 Å². The molecule has 1 atom stereocenters. The molecule has 1 N–H and O–H groups in total. The highest BCUT2D eigenvalue weighted by molar-refractivity contribution is 5.73. The summed E-state index contributed by atoms with van der Waals surface area (Å²) >= 11 is 0. The zero-order chi connectivity index (χ0) is 7.56. The molecule has 1 heterocycles. The second-order valence-electron chi connectivity index (χ2n) is 2.95. The number of hydrogen-bond donors (Lipinski definition) is 1. The van der Waals surface area contributed by atoms with E-state index in [-0.39, 0.29) is 5.91 Å². The van der Waals surface area contributed by atoms with Crippen molar-refractivity contribution in [3.05, 3.63) is 0 Å². The SMILES string of the molecule is CC(=O)NC1CCN(C)C1. The van der Waals surface area contributed by atoms with E-state index in [0.717, 1.165) is 19.5 Å². The zero-order valence-corrected chi connectivity index (χ0v) is 6.55.